The average molecular weight is 271 g/mol. The van der Waals surface area contributed by atoms with E-state index in [-0.39, 0.29) is 6.61 Å². The van der Waals surface area contributed by atoms with Gasteiger partial charge in [0.05, 0.1) is 5.56 Å². The van der Waals surface area contributed by atoms with Crippen LogP contribution < -0.4 is 10.5 Å². The van der Waals surface area contributed by atoms with E-state index in [9.17, 15) is 4.79 Å². The first-order chi connectivity index (χ1) is 9.65. The monoisotopic (exact) mass is 271 g/mol. The number of benzene rings is 2. The highest BCUT2D eigenvalue weighted by Gasteiger charge is 2.08. The molecule has 2 rings (SSSR count). The van der Waals surface area contributed by atoms with E-state index in [0.717, 1.165) is 11.3 Å². The molecular formula is C16H17NO3. The van der Waals surface area contributed by atoms with E-state index in [2.05, 4.69) is 0 Å². The van der Waals surface area contributed by atoms with Crippen molar-refractivity contribution in [2.75, 3.05) is 18.9 Å². The quantitative estimate of drug-likeness (QED) is 0.516. The molecule has 0 heterocycles. The van der Waals surface area contributed by atoms with Gasteiger partial charge in [0.1, 0.15) is 19.0 Å². The number of ether oxygens (including phenoxy) is 2. The molecule has 0 spiro atoms. The number of nitrogens with two attached hydrogens (primary N) is 1. The number of hydrogen-bond donors (Lipinski definition) is 1. The molecule has 2 aromatic rings. The van der Waals surface area contributed by atoms with Crippen molar-refractivity contribution in [2.24, 2.45) is 0 Å². The van der Waals surface area contributed by atoms with Crippen LogP contribution in [-0.2, 0) is 4.74 Å². The zero-order valence-electron chi connectivity index (χ0n) is 11.3. The van der Waals surface area contributed by atoms with Gasteiger partial charge in [-0.25, -0.2) is 4.79 Å². The van der Waals surface area contributed by atoms with Crippen molar-refractivity contribution in [3.63, 3.8) is 0 Å². The molecule has 0 aromatic heterocycles. The Morgan fingerprint density at radius 3 is 2.55 bits per heavy atom. The summed E-state index contributed by atoms with van der Waals surface area (Å²) in [7, 11) is 0. The van der Waals surface area contributed by atoms with Crippen molar-refractivity contribution in [2.45, 2.75) is 6.92 Å². The lowest BCUT2D eigenvalue weighted by Crippen LogP contribution is -2.12. The van der Waals surface area contributed by atoms with Gasteiger partial charge < -0.3 is 15.2 Å². The van der Waals surface area contributed by atoms with Gasteiger partial charge in [0, 0.05) is 5.69 Å². The molecule has 0 atom stereocenters. The van der Waals surface area contributed by atoms with E-state index < -0.39 is 5.97 Å². The van der Waals surface area contributed by atoms with E-state index >= 15 is 0 Å². The Morgan fingerprint density at radius 2 is 1.85 bits per heavy atom. The molecule has 4 nitrogen and oxygen atoms in total. The first-order valence-corrected chi connectivity index (χ1v) is 6.37. The molecule has 2 aromatic carbocycles. The van der Waals surface area contributed by atoms with Crippen LogP contribution >= 0.6 is 0 Å². The van der Waals surface area contributed by atoms with Crippen LogP contribution in [-0.4, -0.2) is 19.2 Å². The molecule has 0 saturated heterocycles. The average Bonchev–Trinajstić information content (AvgIpc) is 2.43. The van der Waals surface area contributed by atoms with Gasteiger partial charge in [-0.3, -0.25) is 0 Å². The summed E-state index contributed by atoms with van der Waals surface area (Å²) >= 11 is 0. The minimum Gasteiger partial charge on any atom is -0.490 e. The third kappa shape index (κ3) is 4.02. The van der Waals surface area contributed by atoms with Gasteiger partial charge in [-0.1, -0.05) is 18.2 Å². The zero-order chi connectivity index (χ0) is 14.4. The van der Waals surface area contributed by atoms with Crippen molar-refractivity contribution in [3.05, 3.63) is 59.7 Å². The van der Waals surface area contributed by atoms with Gasteiger partial charge in [0.25, 0.3) is 0 Å². The lowest BCUT2D eigenvalue weighted by molar-refractivity contribution is 0.0450. The SMILES string of the molecule is Cc1cc(N)cc(C(=O)OCCOc2ccccc2)c1. The van der Waals surface area contributed by atoms with Gasteiger partial charge >= 0.3 is 5.97 Å². The topological polar surface area (TPSA) is 61.6 Å². The van der Waals surface area contributed by atoms with Gasteiger partial charge in [-0.15, -0.1) is 0 Å². The fraction of sp³-hybridized carbons (Fsp3) is 0.188. The summed E-state index contributed by atoms with van der Waals surface area (Å²) < 4.78 is 10.6. The standard InChI is InChI=1S/C16H17NO3/c1-12-9-13(11-14(17)10-12)16(18)20-8-7-19-15-5-3-2-4-6-15/h2-6,9-11H,7-8,17H2,1H3. The van der Waals surface area contributed by atoms with Crippen molar-refractivity contribution < 1.29 is 14.3 Å². The molecule has 0 amide bonds. The van der Waals surface area contributed by atoms with Crippen molar-refractivity contribution in [1.29, 1.82) is 0 Å². The minimum atomic E-state index is -0.392. The predicted octanol–water partition coefficient (Wildman–Crippen LogP) is 2.81. The van der Waals surface area contributed by atoms with Crippen molar-refractivity contribution in [1.82, 2.24) is 0 Å². The van der Waals surface area contributed by atoms with Crippen LogP contribution in [0, 0.1) is 6.92 Å². The lowest BCUT2D eigenvalue weighted by atomic mass is 10.1. The minimum absolute atomic E-state index is 0.196. The zero-order valence-corrected chi connectivity index (χ0v) is 11.3. The molecule has 0 aliphatic rings. The van der Waals surface area contributed by atoms with Crippen LogP contribution in [0.1, 0.15) is 15.9 Å². The van der Waals surface area contributed by atoms with Gasteiger partial charge in [0.2, 0.25) is 0 Å². The molecule has 20 heavy (non-hydrogen) atoms. The Balaban J connectivity index is 1.80. The Morgan fingerprint density at radius 1 is 1.10 bits per heavy atom. The molecular weight excluding hydrogens is 254 g/mol. The highest BCUT2D eigenvalue weighted by Crippen LogP contribution is 2.12. The number of hydrogen-bond acceptors (Lipinski definition) is 4. The van der Waals surface area contributed by atoms with Crippen molar-refractivity contribution in [3.8, 4) is 5.75 Å². The summed E-state index contributed by atoms with van der Waals surface area (Å²) in [4.78, 5) is 11.8. The second kappa shape index (κ2) is 6.61. The summed E-state index contributed by atoms with van der Waals surface area (Å²) in [6.07, 6.45) is 0. The number of para-hydroxylation sites is 1. The highest BCUT2D eigenvalue weighted by atomic mass is 16.6. The summed E-state index contributed by atoms with van der Waals surface area (Å²) in [5, 5.41) is 0. The van der Waals surface area contributed by atoms with Crippen LogP contribution in [0.3, 0.4) is 0 Å². The summed E-state index contributed by atoms with van der Waals surface area (Å²) in [5.74, 6) is 0.361. The van der Waals surface area contributed by atoms with Gasteiger partial charge in [-0.2, -0.15) is 0 Å². The van der Waals surface area contributed by atoms with E-state index in [4.69, 9.17) is 15.2 Å². The van der Waals surface area contributed by atoms with Crippen LogP contribution in [0.4, 0.5) is 5.69 Å². The smallest absolute Gasteiger partial charge is 0.338 e. The fourth-order valence-electron chi connectivity index (χ4n) is 1.82. The van der Waals surface area contributed by atoms with Crippen LogP contribution in [0.25, 0.3) is 0 Å². The van der Waals surface area contributed by atoms with Crippen LogP contribution in [0.15, 0.2) is 48.5 Å². The van der Waals surface area contributed by atoms with E-state index in [0.29, 0.717) is 17.9 Å². The summed E-state index contributed by atoms with van der Waals surface area (Å²) in [6, 6.07) is 14.5. The second-order valence-electron chi connectivity index (χ2n) is 4.43. The number of aryl methyl sites for hydroxylation is 1. The molecule has 4 heteroatoms. The van der Waals surface area contributed by atoms with E-state index in [1.54, 1.807) is 18.2 Å². The Kier molecular flexibility index (Phi) is 4.60. The highest BCUT2D eigenvalue weighted by molar-refractivity contribution is 5.90. The second-order valence-corrected chi connectivity index (χ2v) is 4.43. The first kappa shape index (κ1) is 13.9. The number of carbonyl (C=O) groups excluding carboxylic acids is 1. The van der Waals surface area contributed by atoms with E-state index in [1.165, 1.54) is 0 Å². The number of esters is 1. The van der Waals surface area contributed by atoms with Crippen LogP contribution in [0.2, 0.25) is 0 Å². The normalized spacial score (nSPS) is 10.1. The molecule has 0 bridgehead atoms. The van der Waals surface area contributed by atoms with Gasteiger partial charge in [-0.05, 0) is 42.8 Å². The fourth-order valence-corrected chi connectivity index (χ4v) is 1.82. The summed E-state index contributed by atoms with van der Waals surface area (Å²) in [5.41, 5.74) is 7.64. The summed E-state index contributed by atoms with van der Waals surface area (Å²) in [6.45, 7) is 2.39. The maximum absolute atomic E-state index is 11.8. The predicted molar refractivity (Wildman–Crippen MR) is 77.8 cm³/mol. The van der Waals surface area contributed by atoms with Crippen LogP contribution in [0.5, 0.6) is 5.75 Å². The van der Waals surface area contributed by atoms with Crippen molar-refractivity contribution >= 4 is 11.7 Å². The maximum Gasteiger partial charge on any atom is 0.338 e. The number of anilines is 1. The molecule has 0 radical (unpaired) electrons. The molecule has 0 aliphatic heterocycles. The molecule has 2 N–H and O–H groups in total. The largest absolute Gasteiger partial charge is 0.490 e. The Bertz CT molecular complexity index is 561. The first-order valence-electron chi connectivity index (χ1n) is 6.37. The molecule has 104 valence electrons. The molecule has 0 aliphatic carbocycles. The molecule has 0 fully saturated rings. The third-order valence-electron chi connectivity index (χ3n) is 2.66. The number of nitrogen functional groups attached to an aromatic ring is 1. The third-order valence-corrected chi connectivity index (χ3v) is 2.66. The van der Waals surface area contributed by atoms with E-state index in [1.807, 2.05) is 37.3 Å². The molecule has 0 saturated carbocycles. The number of rotatable bonds is 5. The maximum atomic E-state index is 11.8. The Labute approximate surface area is 118 Å². The molecule has 0 unspecified atom stereocenters. The Hall–Kier alpha value is -2.49. The lowest BCUT2D eigenvalue weighted by Gasteiger charge is -2.08. The number of carbonyl (C=O) groups is 1. The van der Waals surface area contributed by atoms with Gasteiger partial charge in [0.15, 0.2) is 0 Å².